The Kier molecular flexibility index (Phi) is 5.42. The first-order chi connectivity index (χ1) is 9.88. The molecule has 3 unspecified atom stereocenters. The van der Waals surface area contributed by atoms with Gasteiger partial charge < -0.3 is 5.32 Å². The van der Waals surface area contributed by atoms with E-state index >= 15 is 0 Å². The highest BCUT2D eigenvalue weighted by Gasteiger charge is 2.32. The fourth-order valence-electron chi connectivity index (χ4n) is 3.29. The van der Waals surface area contributed by atoms with Gasteiger partial charge in [-0.3, -0.25) is 4.79 Å². The molecule has 0 spiro atoms. The SMILES string of the molecule is CC1CCC(C(C)C)C(NC(=O)c2ccc(Br)cc2F)C1. The lowest BCUT2D eigenvalue weighted by molar-refractivity contribution is 0.0864. The Bertz CT molecular complexity index is 518. The van der Waals surface area contributed by atoms with E-state index in [0.29, 0.717) is 22.2 Å². The van der Waals surface area contributed by atoms with Crippen molar-refractivity contribution >= 4 is 21.8 Å². The smallest absolute Gasteiger partial charge is 0.254 e. The molecule has 1 aromatic carbocycles. The minimum atomic E-state index is -0.480. The number of carbonyl (C=O) groups excluding carboxylic acids is 1. The van der Waals surface area contributed by atoms with Gasteiger partial charge >= 0.3 is 0 Å². The molecule has 0 saturated heterocycles. The Labute approximate surface area is 134 Å². The number of hydrogen-bond acceptors (Lipinski definition) is 1. The second-order valence-electron chi connectivity index (χ2n) is 6.53. The summed E-state index contributed by atoms with van der Waals surface area (Å²) in [5.41, 5.74) is 0.124. The fraction of sp³-hybridized carbons (Fsp3) is 0.588. The van der Waals surface area contributed by atoms with E-state index in [1.54, 1.807) is 6.07 Å². The zero-order valence-corrected chi connectivity index (χ0v) is 14.4. The highest BCUT2D eigenvalue weighted by Crippen LogP contribution is 2.33. The van der Waals surface area contributed by atoms with Gasteiger partial charge in [0.25, 0.3) is 5.91 Å². The van der Waals surface area contributed by atoms with Gasteiger partial charge in [0.05, 0.1) is 5.56 Å². The molecule has 1 N–H and O–H groups in total. The molecule has 0 bridgehead atoms. The summed E-state index contributed by atoms with van der Waals surface area (Å²) >= 11 is 3.21. The van der Waals surface area contributed by atoms with Gasteiger partial charge in [0.1, 0.15) is 5.82 Å². The van der Waals surface area contributed by atoms with E-state index in [1.165, 1.54) is 18.6 Å². The molecule has 1 aliphatic carbocycles. The van der Waals surface area contributed by atoms with Crippen molar-refractivity contribution in [2.45, 2.75) is 46.1 Å². The molecular formula is C17H23BrFNO. The molecule has 0 heterocycles. The van der Waals surface area contributed by atoms with Gasteiger partial charge in [-0.25, -0.2) is 4.39 Å². The van der Waals surface area contributed by atoms with E-state index in [0.717, 1.165) is 12.8 Å². The van der Waals surface area contributed by atoms with Crippen LogP contribution in [0.25, 0.3) is 0 Å². The third-order valence-corrected chi connectivity index (χ3v) is 5.01. The largest absolute Gasteiger partial charge is 0.349 e. The van der Waals surface area contributed by atoms with Gasteiger partial charge in [-0.05, 0) is 48.8 Å². The van der Waals surface area contributed by atoms with Gasteiger partial charge in [0.15, 0.2) is 0 Å². The summed E-state index contributed by atoms with van der Waals surface area (Å²) in [6.45, 7) is 6.61. The number of carbonyl (C=O) groups is 1. The summed E-state index contributed by atoms with van der Waals surface area (Å²) in [5.74, 6) is 0.831. The van der Waals surface area contributed by atoms with E-state index in [1.807, 2.05) is 0 Å². The zero-order valence-electron chi connectivity index (χ0n) is 12.8. The quantitative estimate of drug-likeness (QED) is 0.830. The zero-order chi connectivity index (χ0) is 15.6. The minimum Gasteiger partial charge on any atom is -0.349 e. The molecule has 2 rings (SSSR count). The Morgan fingerprint density at radius 3 is 2.71 bits per heavy atom. The maximum Gasteiger partial charge on any atom is 0.254 e. The van der Waals surface area contributed by atoms with Crippen molar-refractivity contribution in [1.82, 2.24) is 5.32 Å². The van der Waals surface area contributed by atoms with Crippen molar-refractivity contribution < 1.29 is 9.18 Å². The summed E-state index contributed by atoms with van der Waals surface area (Å²) in [6, 6.07) is 4.70. The van der Waals surface area contributed by atoms with Gasteiger partial charge in [0, 0.05) is 10.5 Å². The lowest BCUT2D eigenvalue weighted by Gasteiger charge is -2.37. The fourth-order valence-corrected chi connectivity index (χ4v) is 3.62. The van der Waals surface area contributed by atoms with E-state index < -0.39 is 5.82 Å². The van der Waals surface area contributed by atoms with Crippen LogP contribution in [0.5, 0.6) is 0 Å². The lowest BCUT2D eigenvalue weighted by Crippen LogP contribution is -2.45. The number of nitrogens with one attached hydrogen (secondary N) is 1. The van der Waals surface area contributed by atoms with Crippen LogP contribution >= 0.6 is 15.9 Å². The van der Waals surface area contributed by atoms with Gasteiger partial charge in [-0.2, -0.15) is 0 Å². The number of benzene rings is 1. The molecule has 1 aromatic rings. The standard InChI is InChI=1S/C17H23BrFNO/c1-10(2)13-6-4-11(3)8-16(13)20-17(21)14-7-5-12(18)9-15(14)19/h5,7,9-11,13,16H,4,6,8H2,1-3H3,(H,20,21). The molecule has 1 aliphatic rings. The Balaban J connectivity index is 2.12. The van der Waals surface area contributed by atoms with Gasteiger partial charge in [-0.1, -0.05) is 43.1 Å². The van der Waals surface area contributed by atoms with Crippen LogP contribution < -0.4 is 5.32 Å². The highest BCUT2D eigenvalue weighted by molar-refractivity contribution is 9.10. The molecule has 116 valence electrons. The first kappa shape index (κ1) is 16.5. The van der Waals surface area contributed by atoms with Crippen molar-refractivity contribution in [3.05, 3.63) is 34.1 Å². The van der Waals surface area contributed by atoms with Crippen molar-refractivity contribution in [1.29, 1.82) is 0 Å². The first-order valence-electron chi connectivity index (χ1n) is 7.64. The van der Waals surface area contributed by atoms with Crippen molar-refractivity contribution in [3.8, 4) is 0 Å². The van der Waals surface area contributed by atoms with Crippen LogP contribution in [0.1, 0.15) is 50.4 Å². The molecule has 0 aromatic heterocycles. The lowest BCUT2D eigenvalue weighted by atomic mass is 9.74. The van der Waals surface area contributed by atoms with Crippen LogP contribution in [0.2, 0.25) is 0 Å². The molecular weight excluding hydrogens is 333 g/mol. The van der Waals surface area contributed by atoms with Crippen LogP contribution in [-0.2, 0) is 0 Å². The molecule has 0 aliphatic heterocycles. The van der Waals surface area contributed by atoms with Crippen molar-refractivity contribution in [2.75, 3.05) is 0 Å². The molecule has 1 amide bonds. The average Bonchev–Trinajstić information content (AvgIpc) is 2.37. The van der Waals surface area contributed by atoms with Crippen LogP contribution in [0.4, 0.5) is 4.39 Å². The monoisotopic (exact) mass is 355 g/mol. The minimum absolute atomic E-state index is 0.124. The normalized spacial score (nSPS) is 25.9. The van der Waals surface area contributed by atoms with E-state index in [9.17, 15) is 9.18 Å². The summed E-state index contributed by atoms with van der Waals surface area (Å²) in [5, 5.41) is 3.06. The van der Waals surface area contributed by atoms with E-state index in [-0.39, 0.29) is 17.5 Å². The summed E-state index contributed by atoms with van der Waals surface area (Å²) in [4.78, 5) is 12.4. The van der Waals surface area contributed by atoms with E-state index in [2.05, 4.69) is 42.0 Å². The van der Waals surface area contributed by atoms with Crippen LogP contribution in [-0.4, -0.2) is 11.9 Å². The maximum absolute atomic E-state index is 13.9. The third-order valence-electron chi connectivity index (χ3n) is 4.51. The molecule has 2 nitrogen and oxygen atoms in total. The van der Waals surface area contributed by atoms with Crippen LogP contribution in [0.15, 0.2) is 22.7 Å². The summed E-state index contributed by atoms with van der Waals surface area (Å²) in [7, 11) is 0. The van der Waals surface area contributed by atoms with Crippen LogP contribution in [0, 0.1) is 23.6 Å². The second kappa shape index (κ2) is 6.91. The molecule has 21 heavy (non-hydrogen) atoms. The predicted octanol–water partition coefficient (Wildman–Crippen LogP) is 4.78. The number of hydrogen-bond donors (Lipinski definition) is 1. The summed E-state index contributed by atoms with van der Waals surface area (Å²) in [6.07, 6.45) is 3.32. The highest BCUT2D eigenvalue weighted by atomic mass is 79.9. The molecule has 3 atom stereocenters. The molecule has 1 saturated carbocycles. The number of halogens is 2. The Hall–Kier alpha value is -0.900. The second-order valence-corrected chi connectivity index (χ2v) is 7.45. The predicted molar refractivity (Wildman–Crippen MR) is 86.7 cm³/mol. The molecule has 0 radical (unpaired) electrons. The van der Waals surface area contributed by atoms with Crippen LogP contribution in [0.3, 0.4) is 0 Å². The Morgan fingerprint density at radius 1 is 1.38 bits per heavy atom. The Morgan fingerprint density at radius 2 is 2.10 bits per heavy atom. The van der Waals surface area contributed by atoms with Crippen molar-refractivity contribution in [2.24, 2.45) is 17.8 Å². The first-order valence-corrected chi connectivity index (χ1v) is 8.43. The number of amides is 1. The topological polar surface area (TPSA) is 29.1 Å². The molecule has 4 heteroatoms. The molecule has 1 fully saturated rings. The van der Waals surface area contributed by atoms with Gasteiger partial charge in [-0.15, -0.1) is 0 Å². The van der Waals surface area contributed by atoms with E-state index in [4.69, 9.17) is 0 Å². The van der Waals surface area contributed by atoms with Crippen molar-refractivity contribution in [3.63, 3.8) is 0 Å². The average molecular weight is 356 g/mol. The third kappa shape index (κ3) is 4.06. The summed E-state index contributed by atoms with van der Waals surface area (Å²) < 4.78 is 14.5. The maximum atomic E-state index is 13.9. The number of rotatable bonds is 3. The van der Waals surface area contributed by atoms with Gasteiger partial charge in [0.2, 0.25) is 0 Å².